The van der Waals surface area contributed by atoms with Crippen LogP contribution in [0, 0.1) is 0 Å². The predicted molar refractivity (Wildman–Crippen MR) is 81.0 cm³/mol. The molecule has 5 nitrogen and oxygen atoms in total. The van der Waals surface area contributed by atoms with E-state index in [0.29, 0.717) is 31.2 Å². The Labute approximate surface area is 125 Å². The average molecular weight is 318 g/mol. The lowest BCUT2D eigenvalue weighted by atomic mass is 10.1. The molecule has 0 aromatic heterocycles. The smallest absolute Gasteiger partial charge is 0.282 e. The predicted octanol–water partition coefficient (Wildman–Crippen LogP) is 1.48. The Morgan fingerprint density at radius 3 is 2.90 bits per heavy atom. The van der Waals surface area contributed by atoms with Crippen LogP contribution >= 0.6 is 11.6 Å². The summed E-state index contributed by atoms with van der Waals surface area (Å²) in [4.78, 5) is 0. The standard InChI is InChI=1S/C13H20ClN3O2S/c1-3-16(2)20(18,19)17-8-7-15-10-13(17)11-5-4-6-12(14)9-11/h4-6,9,13,15H,3,7-8,10H2,1-2H3. The minimum absolute atomic E-state index is 0.221. The van der Waals surface area contributed by atoms with Crippen LogP contribution in [0.3, 0.4) is 0 Å². The Bertz CT molecular complexity index is 564. The summed E-state index contributed by atoms with van der Waals surface area (Å²) in [5.41, 5.74) is 0.915. The van der Waals surface area contributed by atoms with Crippen molar-refractivity contribution in [1.82, 2.24) is 13.9 Å². The summed E-state index contributed by atoms with van der Waals surface area (Å²) < 4.78 is 28.1. The van der Waals surface area contributed by atoms with Gasteiger partial charge >= 0.3 is 0 Å². The fraction of sp³-hybridized carbons (Fsp3) is 0.538. The first kappa shape index (κ1) is 15.7. The number of hydrogen-bond donors (Lipinski definition) is 1. The van der Waals surface area contributed by atoms with Crippen LogP contribution in [0.1, 0.15) is 18.5 Å². The summed E-state index contributed by atoms with van der Waals surface area (Å²) in [5, 5.41) is 3.86. The van der Waals surface area contributed by atoms with E-state index < -0.39 is 10.2 Å². The van der Waals surface area contributed by atoms with E-state index in [1.165, 1.54) is 4.31 Å². The summed E-state index contributed by atoms with van der Waals surface area (Å²) in [5.74, 6) is 0. The Kier molecular flexibility index (Phi) is 5.04. The van der Waals surface area contributed by atoms with Crippen molar-refractivity contribution < 1.29 is 8.42 Å². The molecule has 1 N–H and O–H groups in total. The molecule has 1 aromatic rings. The maximum Gasteiger partial charge on any atom is 0.282 e. The van der Waals surface area contributed by atoms with Crippen LogP contribution in [-0.4, -0.2) is 50.3 Å². The number of hydrogen-bond acceptors (Lipinski definition) is 3. The van der Waals surface area contributed by atoms with Crippen molar-refractivity contribution in [1.29, 1.82) is 0 Å². The monoisotopic (exact) mass is 317 g/mol. The third-order valence-electron chi connectivity index (χ3n) is 3.56. The molecular formula is C13H20ClN3O2S. The van der Waals surface area contributed by atoms with Crippen LogP contribution in [0.15, 0.2) is 24.3 Å². The molecule has 7 heteroatoms. The van der Waals surface area contributed by atoms with Crippen LogP contribution in [0.25, 0.3) is 0 Å². The topological polar surface area (TPSA) is 52.7 Å². The van der Waals surface area contributed by atoms with E-state index in [2.05, 4.69) is 5.32 Å². The number of nitrogens with one attached hydrogen (secondary N) is 1. The molecule has 0 aliphatic carbocycles. The van der Waals surface area contributed by atoms with Gasteiger partial charge in [-0.2, -0.15) is 17.0 Å². The first-order valence-electron chi connectivity index (χ1n) is 6.66. The molecule has 0 spiro atoms. The number of rotatable bonds is 4. The van der Waals surface area contributed by atoms with E-state index >= 15 is 0 Å². The molecule has 1 heterocycles. The van der Waals surface area contributed by atoms with Crippen molar-refractivity contribution in [3.05, 3.63) is 34.9 Å². The normalized spacial score (nSPS) is 21.3. The van der Waals surface area contributed by atoms with Crippen LogP contribution in [0.5, 0.6) is 0 Å². The van der Waals surface area contributed by atoms with E-state index in [-0.39, 0.29) is 6.04 Å². The third-order valence-corrected chi connectivity index (χ3v) is 5.87. The van der Waals surface area contributed by atoms with Gasteiger partial charge in [0.2, 0.25) is 0 Å². The second-order valence-corrected chi connectivity index (χ2v) is 7.23. The molecule has 0 amide bonds. The Balaban J connectivity index is 2.35. The van der Waals surface area contributed by atoms with Gasteiger partial charge in [0.05, 0.1) is 6.04 Å². The highest BCUT2D eigenvalue weighted by atomic mass is 35.5. The van der Waals surface area contributed by atoms with Crippen molar-refractivity contribution >= 4 is 21.8 Å². The van der Waals surface area contributed by atoms with Gasteiger partial charge in [0.1, 0.15) is 0 Å². The molecule has 0 saturated carbocycles. The van der Waals surface area contributed by atoms with Crippen LogP contribution in [0.4, 0.5) is 0 Å². The zero-order valence-corrected chi connectivity index (χ0v) is 13.3. The molecule has 112 valence electrons. The molecule has 1 unspecified atom stereocenters. The van der Waals surface area contributed by atoms with Crippen molar-refractivity contribution in [3.63, 3.8) is 0 Å². The lowest BCUT2D eigenvalue weighted by Crippen LogP contribution is -2.52. The van der Waals surface area contributed by atoms with Gasteiger partial charge in [0.15, 0.2) is 0 Å². The Morgan fingerprint density at radius 2 is 2.25 bits per heavy atom. The highest BCUT2D eigenvalue weighted by molar-refractivity contribution is 7.86. The summed E-state index contributed by atoms with van der Waals surface area (Å²) >= 11 is 6.02. The third kappa shape index (κ3) is 3.15. The van der Waals surface area contributed by atoms with Gasteiger partial charge in [-0.15, -0.1) is 0 Å². The second-order valence-electron chi connectivity index (χ2n) is 4.81. The molecule has 0 radical (unpaired) electrons. The largest absolute Gasteiger partial charge is 0.313 e. The van der Waals surface area contributed by atoms with Crippen LogP contribution in [0.2, 0.25) is 5.02 Å². The SMILES string of the molecule is CCN(C)S(=O)(=O)N1CCNCC1c1cccc(Cl)c1. The van der Waals surface area contributed by atoms with Gasteiger partial charge in [0.25, 0.3) is 10.2 Å². The van der Waals surface area contributed by atoms with Gasteiger partial charge in [-0.3, -0.25) is 0 Å². The van der Waals surface area contributed by atoms with Crippen molar-refractivity contribution in [2.24, 2.45) is 0 Å². The molecule has 1 fully saturated rings. The van der Waals surface area contributed by atoms with Crippen LogP contribution < -0.4 is 5.32 Å². The minimum Gasteiger partial charge on any atom is -0.313 e. The van der Waals surface area contributed by atoms with E-state index in [0.717, 1.165) is 5.56 Å². The zero-order chi connectivity index (χ0) is 14.8. The second kappa shape index (κ2) is 6.41. The number of piperazine rings is 1. The quantitative estimate of drug-likeness (QED) is 0.915. The molecular weight excluding hydrogens is 298 g/mol. The van der Waals surface area contributed by atoms with E-state index in [1.807, 2.05) is 25.1 Å². The Hall–Kier alpha value is -0.660. The summed E-state index contributed by atoms with van der Waals surface area (Å²) in [6, 6.07) is 7.16. The molecule has 2 rings (SSSR count). The van der Waals surface area contributed by atoms with Crippen molar-refractivity contribution in [2.45, 2.75) is 13.0 Å². The fourth-order valence-electron chi connectivity index (χ4n) is 2.30. The molecule has 1 saturated heterocycles. The van der Waals surface area contributed by atoms with E-state index in [9.17, 15) is 8.42 Å². The average Bonchev–Trinajstić information content (AvgIpc) is 2.46. The highest BCUT2D eigenvalue weighted by Gasteiger charge is 2.35. The van der Waals surface area contributed by atoms with E-state index in [4.69, 9.17) is 11.6 Å². The van der Waals surface area contributed by atoms with Crippen molar-refractivity contribution in [2.75, 3.05) is 33.2 Å². The Morgan fingerprint density at radius 1 is 1.50 bits per heavy atom. The van der Waals surface area contributed by atoms with Crippen molar-refractivity contribution in [3.8, 4) is 0 Å². The maximum absolute atomic E-state index is 12.6. The molecule has 1 aromatic carbocycles. The molecule has 1 aliphatic rings. The maximum atomic E-state index is 12.6. The van der Waals surface area contributed by atoms with E-state index in [1.54, 1.807) is 17.4 Å². The molecule has 0 bridgehead atoms. The lowest BCUT2D eigenvalue weighted by molar-refractivity contribution is 0.254. The zero-order valence-electron chi connectivity index (χ0n) is 11.7. The summed E-state index contributed by atoms with van der Waals surface area (Å²) in [6.45, 7) is 4.00. The van der Waals surface area contributed by atoms with Gasteiger partial charge in [-0.1, -0.05) is 30.7 Å². The molecule has 1 atom stereocenters. The fourth-order valence-corrected chi connectivity index (χ4v) is 4.02. The number of nitrogens with zero attached hydrogens (tertiary/aromatic N) is 2. The summed E-state index contributed by atoms with van der Waals surface area (Å²) in [6.07, 6.45) is 0. The van der Waals surface area contributed by atoms with Gasteiger partial charge in [-0.25, -0.2) is 0 Å². The highest BCUT2D eigenvalue weighted by Crippen LogP contribution is 2.27. The van der Waals surface area contributed by atoms with Crippen LogP contribution in [-0.2, 0) is 10.2 Å². The molecule has 1 aliphatic heterocycles. The van der Waals surface area contributed by atoms with Gasteiger partial charge < -0.3 is 5.32 Å². The number of benzene rings is 1. The first-order valence-corrected chi connectivity index (χ1v) is 8.43. The lowest BCUT2D eigenvalue weighted by Gasteiger charge is -2.37. The summed E-state index contributed by atoms with van der Waals surface area (Å²) in [7, 11) is -1.84. The van der Waals surface area contributed by atoms with Gasteiger partial charge in [0, 0.05) is 38.2 Å². The number of halogens is 1. The van der Waals surface area contributed by atoms with Gasteiger partial charge in [-0.05, 0) is 17.7 Å². The minimum atomic E-state index is -3.44. The first-order chi connectivity index (χ1) is 9.46. The molecule has 20 heavy (non-hydrogen) atoms.